The average Bonchev–Trinajstić information content (AvgIpc) is 2.87. The topological polar surface area (TPSA) is 95.1 Å². The van der Waals surface area contributed by atoms with Crippen LogP contribution in [0.25, 0.3) is 0 Å². The normalized spacial score (nSPS) is 10.2. The van der Waals surface area contributed by atoms with Crippen LogP contribution < -0.4 is 16.0 Å². The number of amides is 1. The van der Waals surface area contributed by atoms with Crippen LogP contribution in [-0.2, 0) is 6.54 Å². The zero-order valence-corrected chi connectivity index (χ0v) is 10.5. The lowest BCUT2D eigenvalue weighted by Gasteiger charge is -2.06. The standard InChI is InChI=1S/C12H15N5O2/c1-9-3-2-4-10(7-9)19-6-5-17-8-11(15-16-17)12(18)14-13/h2-4,7-8H,5-6,13H2,1H3,(H,14,18). The molecule has 0 fully saturated rings. The van der Waals surface area contributed by atoms with E-state index >= 15 is 0 Å². The Bertz CT molecular complexity index is 567. The molecule has 3 N–H and O–H groups in total. The molecule has 1 aromatic heterocycles. The molecule has 2 rings (SSSR count). The third-order valence-corrected chi connectivity index (χ3v) is 2.48. The molecule has 7 nitrogen and oxygen atoms in total. The summed E-state index contributed by atoms with van der Waals surface area (Å²) in [5, 5.41) is 7.50. The molecule has 0 aliphatic heterocycles. The summed E-state index contributed by atoms with van der Waals surface area (Å²) in [6, 6.07) is 7.78. The second-order valence-electron chi connectivity index (χ2n) is 4.01. The maximum atomic E-state index is 11.2. The van der Waals surface area contributed by atoms with E-state index in [4.69, 9.17) is 10.6 Å². The predicted octanol–water partition coefficient (Wildman–Crippen LogP) is 0.269. The minimum Gasteiger partial charge on any atom is -0.492 e. The number of hydrogen-bond acceptors (Lipinski definition) is 5. The van der Waals surface area contributed by atoms with Crippen LogP contribution in [0.2, 0.25) is 0 Å². The highest BCUT2D eigenvalue weighted by Crippen LogP contribution is 2.12. The van der Waals surface area contributed by atoms with E-state index in [1.165, 1.54) is 10.9 Å². The summed E-state index contributed by atoms with van der Waals surface area (Å²) in [5.74, 6) is 5.34. The molecule has 0 unspecified atom stereocenters. The SMILES string of the molecule is Cc1cccc(OCCn2cc(C(=O)NN)nn2)c1. The number of nitrogens with two attached hydrogens (primary N) is 1. The minimum absolute atomic E-state index is 0.179. The van der Waals surface area contributed by atoms with Crippen LogP contribution in [0.5, 0.6) is 5.75 Å². The lowest BCUT2D eigenvalue weighted by Crippen LogP contribution is -2.30. The molecule has 0 aliphatic carbocycles. The molecule has 100 valence electrons. The molecule has 0 saturated heterocycles. The Labute approximate surface area is 110 Å². The van der Waals surface area contributed by atoms with Gasteiger partial charge in [0.15, 0.2) is 5.69 Å². The van der Waals surface area contributed by atoms with E-state index < -0.39 is 5.91 Å². The van der Waals surface area contributed by atoms with Crippen molar-refractivity contribution in [3.8, 4) is 5.75 Å². The summed E-state index contributed by atoms with van der Waals surface area (Å²) in [6.07, 6.45) is 1.52. The third-order valence-electron chi connectivity index (χ3n) is 2.48. The number of aryl methyl sites for hydroxylation is 1. The molecule has 0 saturated carbocycles. The number of nitrogen functional groups attached to an aromatic ring is 1. The van der Waals surface area contributed by atoms with Gasteiger partial charge in [0.25, 0.3) is 5.91 Å². The van der Waals surface area contributed by atoms with Gasteiger partial charge < -0.3 is 4.74 Å². The van der Waals surface area contributed by atoms with Crippen LogP contribution in [0.3, 0.4) is 0 Å². The first kappa shape index (κ1) is 13.0. The van der Waals surface area contributed by atoms with Crippen LogP contribution in [0, 0.1) is 6.92 Å². The number of carbonyl (C=O) groups excluding carboxylic acids is 1. The molecule has 1 amide bonds. The molecule has 0 spiro atoms. The van der Waals surface area contributed by atoms with Crippen molar-refractivity contribution in [2.24, 2.45) is 5.84 Å². The van der Waals surface area contributed by atoms with Gasteiger partial charge in [-0.05, 0) is 24.6 Å². The van der Waals surface area contributed by atoms with E-state index in [0.29, 0.717) is 13.2 Å². The lowest BCUT2D eigenvalue weighted by molar-refractivity contribution is 0.0948. The summed E-state index contributed by atoms with van der Waals surface area (Å²) in [4.78, 5) is 11.2. The molecular formula is C12H15N5O2. The Morgan fingerprint density at radius 2 is 2.37 bits per heavy atom. The van der Waals surface area contributed by atoms with Gasteiger partial charge in [0, 0.05) is 0 Å². The Morgan fingerprint density at radius 1 is 1.53 bits per heavy atom. The zero-order valence-electron chi connectivity index (χ0n) is 10.5. The average molecular weight is 261 g/mol. The van der Waals surface area contributed by atoms with Crippen molar-refractivity contribution >= 4 is 5.91 Å². The molecule has 2 aromatic rings. The van der Waals surface area contributed by atoms with Crippen LogP contribution in [0.4, 0.5) is 0 Å². The summed E-state index contributed by atoms with van der Waals surface area (Å²) in [5.41, 5.74) is 3.31. The van der Waals surface area contributed by atoms with Crippen molar-refractivity contribution < 1.29 is 9.53 Å². The zero-order chi connectivity index (χ0) is 13.7. The van der Waals surface area contributed by atoms with E-state index in [1.807, 2.05) is 36.6 Å². The smallest absolute Gasteiger partial charge is 0.287 e. The first-order valence-corrected chi connectivity index (χ1v) is 5.79. The second kappa shape index (κ2) is 5.96. The minimum atomic E-state index is -0.467. The highest BCUT2D eigenvalue weighted by atomic mass is 16.5. The van der Waals surface area contributed by atoms with E-state index in [2.05, 4.69) is 10.3 Å². The molecule has 0 aliphatic rings. The first-order valence-electron chi connectivity index (χ1n) is 5.79. The van der Waals surface area contributed by atoms with Crippen LogP contribution in [0.15, 0.2) is 30.5 Å². The highest BCUT2D eigenvalue weighted by molar-refractivity contribution is 5.91. The molecule has 0 bridgehead atoms. The molecule has 1 heterocycles. The largest absolute Gasteiger partial charge is 0.492 e. The van der Waals surface area contributed by atoms with Crippen molar-refractivity contribution in [3.05, 3.63) is 41.7 Å². The van der Waals surface area contributed by atoms with Gasteiger partial charge >= 0.3 is 0 Å². The number of carbonyl (C=O) groups is 1. The van der Waals surface area contributed by atoms with Gasteiger partial charge in [0.2, 0.25) is 0 Å². The maximum absolute atomic E-state index is 11.2. The van der Waals surface area contributed by atoms with Crippen LogP contribution in [0.1, 0.15) is 16.1 Å². The van der Waals surface area contributed by atoms with Gasteiger partial charge in [-0.3, -0.25) is 10.2 Å². The summed E-state index contributed by atoms with van der Waals surface area (Å²) >= 11 is 0. The van der Waals surface area contributed by atoms with Gasteiger partial charge in [-0.2, -0.15) is 0 Å². The number of benzene rings is 1. The number of nitrogens with zero attached hydrogens (tertiary/aromatic N) is 3. The fraction of sp³-hybridized carbons (Fsp3) is 0.250. The Morgan fingerprint density at radius 3 is 3.11 bits per heavy atom. The first-order chi connectivity index (χ1) is 9.19. The van der Waals surface area contributed by atoms with Gasteiger partial charge in [-0.15, -0.1) is 5.10 Å². The number of hydrogen-bond donors (Lipinski definition) is 2. The van der Waals surface area contributed by atoms with Gasteiger partial charge in [-0.1, -0.05) is 17.3 Å². The summed E-state index contributed by atoms with van der Waals surface area (Å²) < 4.78 is 7.10. The molecular weight excluding hydrogens is 246 g/mol. The highest BCUT2D eigenvalue weighted by Gasteiger charge is 2.08. The van der Waals surface area contributed by atoms with E-state index in [-0.39, 0.29) is 5.69 Å². The molecule has 1 aromatic carbocycles. The number of aromatic nitrogens is 3. The van der Waals surface area contributed by atoms with Gasteiger partial charge in [0.05, 0.1) is 12.7 Å². The molecule has 7 heteroatoms. The molecule has 19 heavy (non-hydrogen) atoms. The molecule has 0 atom stereocenters. The van der Waals surface area contributed by atoms with Crippen molar-refractivity contribution in [3.63, 3.8) is 0 Å². The van der Waals surface area contributed by atoms with Gasteiger partial charge in [-0.25, -0.2) is 10.5 Å². The Hall–Kier alpha value is -2.41. The van der Waals surface area contributed by atoms with Gasteiger partial charge in [0.1, 0.15) is 12.4 Å². The third kappa shape index (κ3) is 3.52. The summed E-state index contributed by atoms with van der Waals surface area (Å²) in [7, 11) is 0. The number of ether oxygens (including phenoxy) is 1. The monoisotopic (exact) mass is 261 g/mol. The van der Waals surface area contributed by atoms with Crippen molar-refractivity contribution in [1.82, 2.24) is 20.4 Å². The number of rotatable bonds is 5. The van der Waals surface area contributed by atoms with E-state index in [0.717, 1.165) is 11.3 Å². The number of nitrogens with one attached hydrogen (secondary N) is 1. The fourth-order valence-corrected chi connectivity index (χ4v) is 1.55. The maximum Gasteiger partial charge on any atom is 0.287 e. The summed E-state index contributed by atoms with van der Waals surface area (Å²) in [6.45, 7) is 2.94. The van der Waals surface area contributed by atoms with E-state index in [9.17, 15) is 4.79 Å². The van der Waals surface area contributed by atoms with Crippen molar-refractivity contribution in [2.45, 2.75) is 13.5 Å². The van der Waals surface area contributed by atoms with Crippen LogP contribution >= 0.6 is 0 Å². The van der Waals surface area contributed by atoms with Crippen molar-refractivity contribution in [2.75, 3.05) is 6.61 Å². The van der Waals surface area contributed by atoms with E-state index in [1.54, 1.807) is 0 Å². The van der Waals surface area contributed by atoms with Crippen LogP contribution in [-0.4, -0.2) is 27.5 Å². The lowest BCUT2D eigenvalue weighted by atomic mass is 10.2. The second-order valence-corrected chi connectivity index (χ2v) is 4.01. The van der Waals surface area contributed by atoms with Crippen molar-refractivity contribution in [1.29, 1.82) is 0 Å². The molecule has 0 radical (unpaired) electrons. The fourth-order valence-electron chi connectivity index (χ4n) is 1.55. The Balaban J connectivity index is 1.86. The number of hydrazine groups is 1. The Kier molecular flexibility index (Phi) is 4.09. The predicted molar refractivity (Wildman–Crippen MR) is 68.3 cm³/mol. The quantitative estimate of drug-likeness (QED) is 0.457.